The number of rotatable bonds is 3. The van der Waals surface area contributed by atoms with E-state index in [1.165, 1.54) is 5.56 Å². The molecule has 15 heavy (non-hydrogen) atoms. The van der Waals surface area contributed by atoms with E-state index in [2.05, 4.69) is 36.1 Å². The quantitative estimate of drug-likeness (QED) is 0.736. The maximum atomic E-state index is 13.0. The van der Waals surface area contributed by atoms with Crippen LogP contribution in [0.5, 0.6) is 0 Å². The molecular formula is C13H18FN. The summed E-state index contributed by atoms with van der Waals surface area (Å²) in [6.45, 7) is 4.72. The number of hydrogen-bond acceptors (Lipinski definition) is 1. The summed E-state index contributed by atoms with van der Waals surface area (Å²) in [7, 11) is 0. The van der Waals surface area contributed by atoms with E-state index in [1.54, 1.807) is 0 Å². The van der Waals surface area contributed by atoms with Gasteiger partial charge in [-0.15, -0.1) is 0 Å². The largest absolute Gasteiger partial charge is 0.300 e. The second kappa shape index (κ2) is 4.75. The molecule has 2 rings (SSSR count). The molecule has 1 aromatic carbocycles. The summed E-state index contributed by atoms with van der Waals surface area (Å²) >= 11 is 0. The van der Waals surface area contributed by atoms with Crippen LogP contribution in [0.3, 0.4) is 0 Å². The van der Waals surface area contributed by atoms with Crippen LogP contribution in [0, 0.1) is 0 Å². The van der Waals surface area contributed by atoms with Gasteiger partial charge in [0.25, 0.3) is 0 Å². The minimum Gasteiger partial charge on any atom is -0.300 e. The molecule has 1 aliphatic rings. The molecule has 0 aliphatic carbocycles. The minimum absolute atomic E-state index is 0.497. The Kier molecular flexibility index (Phi) is 3.37. The smallest absolute Gasteiger partial charge is 0.114 e. The molecule has 82 valence electrons. The first-order valence-electron chi connectivity index (χ1n) is 5.67. The molecule has 0 bridgehead atoms. The Balaban J connectivity index is 1.90. The van der Waals surface area contributed by atoms with Crippen molar-refractivity contribution in [3.05, 3.63) is 35.9 Å². The third-order valence-electron chi connectivity index (χ3n) is 3.12. The highest BCUT2D eigenvalue weighted by Crippen LogP contribution is 2.20. The Morgan fingerprint density at radius 2 is 2.13 bits per heavy atom. The molecule has 2 heteroatoms. The average Bonchev–Trinajstić information content (AvgIpc) is 2.65. The monoisotopic (exact) mass is 207 g/mol. The highest BCUT2D eigenvalue weighted by molar-refractivity contribution is 5.19. The Morgan fingerprint density at radius 3 is 2.73 bits per heavy atom. The van der Waals surface area contributed by atoms with E-state index in [0.717, 1.165) is 13.1 Å². The predicted molar refractivity (Wildman–Crippen MR) is 60.8 cm³/mol. The van der Waals surface area contributed by atoms with Crippen LogP contribution in [0.4, 0.5) is 4.39 Å². The lowest BCUT2D eigenvalue weighted by molar-refractivity contribution is 0.278. The normalized spacial score (nSPS) is 24.3. The summed E-state index contributed by atoms with van der Waals surface area (Å²) in [5.41, 5.74) is 1.35. The fourth-order valence-corrected chi connectivity index (χ4v) is 2.23. The van der Waals surface area contributed by atoms with Crippen molar-refractivity contribution < 1.29 is 4.39 Å². The van der Waals surface area contributed by atoms with Gasteiger partial charge in [0.2, 0.25) is 0 Å². The second-order valence-electron chi connectivity index (χ2n) is 4.46. The molecular weight excluding hydrogens is 189 g/mol. The summed E-state index contributed by atoms with van der Waals surface area (Å²) < 4.78 is 13.0. The molecule has 0 spiro atoms. The van der Waals surface area contributed by atoms with Gasteiger partial charge in [-0.2, -0.15) is 0 Å². The van der Waals surface area contributed by atoms with Crippen LogP contribution >= 0.6 is 0 Å². The number of likely N-dealkylation sites (tertiary alicyclic amines) is 1. The summed E-state index contributed by atoms with van der Waals surface area (Å²) in [4.78, 5) is 2.22. The van der Waals surface area contributed by atoms with Gasteiger partial charge in [0.1, 0.15) is 6.17 Å². The first kappa shape index (κ1) is 10.6. The van der Waals surface area contributed by atoms with Gasteiger partial charge in [0, 0.05) is 19.6 Å². The van der Waals surface area contributed by atoms with Crippen LogP contribution in [0.15, 0.2) is 30.3 Å². The molecule has 0 saturated carbocycles. The topological polar surface area (TPSA) is 3.24 Å². The first-order valence-corrected chi connectivity index (χ1v) is 5.67. The van der Waals surface area contributed by atoms with E-state index in [0.29, 0.717) is 18.9 Å². The van der Waals surface area contributed by atoms with E-state index < -0.39 is 6.17 Å². The lowest BCUT2D eigenvalue weighted by atomic mass is 10.0. The Bertz CT molecular complexity index is 299. The SMILES string of the molecule is CC(CN1CC[C@H](F)C1)c1ccccc1. The molecule has 1 saturated heterocycles. The predicted octanol–water partition coefficient (Wildman–Crippen LogP) is 2.83. The molecule has 1 nitrogen and oxygen atoms in total. The standard InChI is InChI=1S/C13H18FN/c1-11(12-5-3-2-4-6-12)9-15-8-7-13(14)10-15/h2-6,11,13H,7-10H2,1H3/t11?,13-/m0/s1. The van der Waals surface area contributed by atoms with Gasteiger partial charge in [-0.3, -0.25) is 4.90 Å². The number of hydrogen-bond donors (Lipinski definition) is 0. The molecule has 1 unspecified atom stereocenters. The fraction of sp³-hybridized carbons (Fsp3) is 0.538. The molecule has 1 fully saturated rings. The van der Waals surface area contributed by atoms with Crippen molar-refractivity contribution in [1.82, 2.24) is 4.90 Å². The van der Waals surface area contributed by atoms with Crippen LogP contribution < -0.4 is 0 Å². The molecule has 0 N–H and O–H groups in total. The van der Waals surface area contributed by atoms with E-state index in [1.807, 2.05) is 6.07 Å². The maximum absolute atomic E-state index is 13.0. The van der Waals surface area contributed by atoms with Crippen molar-refractivity contribution in [1.29, 1.82) is 0 Å². The molecule has 1 aliphatic heterocycles. The number of halogens is 1. The number of nitrogens with zero attached hydrogens (tertiary/aromatic N) is 1. The van der Waals surface area contributed by atoms with Crippen molar-refractivity contribution in [2.75, 3.05) is 19.6 Å². The number of alkyl halides is 1. The minimum atomic E-state index is -0.604. The second-order valence-corrected chi connectivity index (χ2v) is 4.46. The lowest BCUT2D eigenvalue weighted by Crippen LogP contribution is -2.25. The van der Waals surface area contributed by atoms with Gasteiger partial charge in [0.15, 0.2) is 0 Å². The van der Waals surface area contributed by atoms with Crippen molar-refractivity contribution in [3.63, 3.8) is 0 Å². The van der Waals surface area contributed by atoms with Crippen LogP contribution in [0.2, 0.25) is 0 Å². The Hall–Kier alpha value is -0.890. The van der Waals surface area contributed by atoms with E-state index in [-0.39, 0.29) is 0 Å². The van der Waals surface area contributed by atoms with Crippen molar-refractivity contribution >= 4 is 0 Å². The lowest BCUT2D eigenvalue weighted by Gasteiger charge is -2.20. The van der Waals surface area contributed by atoms with Gasteiger partial charge in [-0.05, 0) is 17.9 Å². The zero-order valence-corrected chi connectivity index (χ0v) is 9.20. The van der Waals surface area contributed by atoms with Crippen molar-refractivity contribution in [3.8, 4) is 0 Å². The third-order valence-corrected chi connectivity index (χ3v) is 3.12. The van der Waals surface area contributed by atoms with Crippen LogP contribution in [-0.2, 0) is 0 Å². The summed E-state index contributed by atoms with van der Waals surface area (Å²) in [5.74, 6) is 0.497. The van der Waals surface area contributed by atoms with E-state index in [4.69, 9.17) is 0 Å². The van der Waals surface area contributed by atoms with Crippen LogP contribution in [0.1, 0.15) is 24.8 Å². The zero-order chi connectivity index (χ0) is 10.7. The molecule has 0 aromatic heterocycles. The molecule has 0 radical (unpaired) electrons. The summed E-state index contributed by atoms with van der Waals surface area (Å²) in [5, 5.41) is 0. The summed E-state index contributed by atoms with van der Waals surface area (Å²) in [6.07, 6.45) is 0.106. The highest BCUT2D eigenvalue weighted by Gasteiger charge is 2.23. The first-order chi connectivity index (χ1) is 7.25. The van der Waals surface area contributed by atoms with E-state index in [9.17, 15) is 4.39 Å². The Labute approximate surface area is 90.9 Å². The van der Waals surface area contributed by atoms with Crippen molar-refractivity contribution in [2.24, 2.45) is 0 Å². The number of benzene rings is 1. The van der Waals surface area contributed by atoms with Gasteiger partial charge < -0.3 is 0 Å². The zero-order valence-electron chi connectivity index (χ0n) is 9.20. The van der Waals surface area contributed by atoms with Crippen molar-refractivity contribution in [2.45, 2.75) is 25.4 Å². The molecule has 2 atom stereocenters. The Morgan fingerprint density at radius 1 is 1.40 bits per heavy atom. The molecule has 0 amide bonds. The molecule has 1 aromatic rings. The molecule has 1 heterocycles. The third kappa shape index (κ3) is 2.78. The average molecular weight is 207 g/mol. The van der Waals surface area contributed by atoms with Gasteiger partial charge in [0.05, 0.1) is 0 Å². The van der Waals surface area contributed by atoms with Gasteiger partial charge >= 0.3 is 0 Å². The summed E-state index contributed by atoms with van der Waals surface area (Å²) in [6, 6.07) is 10.5. The van der Waals surface area contributed by atoms with Gasteiger partial charge in [-0.25, -0.2) is 4.39 Å². The van der Waals surface area contributed by atoms with Crippen LogP contribution in [0.25, 0.3) is 0 Å². The maximum Gasteiger partial charge on any atom is 0.114 e. The van der Waals surface area contributed by atoms with E-state index >= 15 is 0 Å². The highest BCUT2D eigenvalue weighted by atomic mass is 19.1. The van der Waals surface area contributed by atoms with Crippen LogP contribution in [-0.4, -0.2) is 30.7 Å². The fourth-order valence-electron chi connectivity index (χ4n) is 2.23. The van der Waals surface area contributed by atoms with Gasteiger partial charge in [-0.1, -0.05) is 37.3 Å².